The zero-order chi connectivity index (χ0) is 10.6. The lowest BCUT2D eigenvalue weighted by Crippen LogP contribution is -2.24. The van der Waals surface area contributed by atoms with E-state index in [-0.39, 0.29) is 5.95 Å². The van der Waals surface area contributed by atoms with E-state index >= 15 is 0 Å². The second kappa shape index (κ2) is 3.97. The Labute approximate surface area is 77.1 Å². The Kier molecular flexibility index (Phi) is 2.72. The van der Waals surface area contributed by atoms with E-state index in [0.717, 1.165) is 16.9 Å². The molecular formula is C6H5N5O3. The molecule has 0 aliphatic rings. The first-order valence-corrected chi connectivity index (χ1v) is 3.38. The molecule has 0 aliphatic heterocycles. The van der Waals surface area contributed by atoms with Crippen LogP contribution >= 0.6 is 0 Å². The Balaban J connectivity index is 3.21. The lowest BCUT2D eigenvalue weighted by molar-refractivity contribution is 0.259. The zero-order valence-corrected chi connectivity index (χ0v) is 6.80. The van der Waals surface area contributed by atoms with Crippen molar-refractivity contribution in [2.45, 2.75) is 0 Å². The maximum absolute atomic E-state index is 10.8. The molecule has 14 heavy (non-hydrogen) atoms. The van der Waals surface area contributed by atoms with Crippen molar-refractivity contribution in [2.75, 3.05) is 5.32 Å². The minimum atomic E-state index is -0.919. The average molecular weight is 195 g/mol. The molecule has 8 heteroatoms. The number of primary amides is 1. The highest BCUT2D eigenvalue weighted by Crippen LogP contribution is 1.97. The predicted molar refractivity (Wildman–Crippen MR) is 45.2 cm³/mol. The van der Waals surface area contributed by atoms with Crippen LogP contribution in [0, 0.1) is 0 Å². The van der Waals surface area contributed by atoms with Crippen LogP contribution in [-0.2, 0) is 4.79 Å². The van der Waals surface area contributed by atoms with Gasteiger partial charge in [-0.2, -0.15) is 9.66 Å². The largest absolute Gasteiger partial charge is 0.351 e. The molecule has 0 spiro atoms. The third-order valence-corrected chi connectivity index (χ3v) is 1.17. The van der Waals surface area contributed by atoms with E-state index in [2.05, 4.69) is 10.1 Å². The van der Waals surface area contributed by atoms with E-state index in [1.165, 1.54) is 6.08 Å². The molecule has 0 aliphatic carbocycles. The predicted octanol–water partition coefficient (Wildman–Crippen LogP) is -1.17. The number of amides is 2. The second-order valence-corrected chi connectivity index (χ2v) is 2.11. The number of nitrogens with zero attached hydrogens (tertiary/aromatic N) is 3. The van der Waals surface area contributed by atoms with E-state index in [1.54, 1.807) is 0 Å². The summed E-state index contributed by atoms with van der Waals surface area (Å²) in [6.07, 6.45) is 2.37. The quantitative estimate of drug-likeness (QED) is 0.456. The molecule has 0 radical (unpaired) electrons. The summed E-state index contributed by atoms with van der Waals surface area (Å²) in [5.41, 5.74) is 4.20. The summed E-state index contributed by atoms with van der Waals surface area (Å²) < 4.78 is 0.860. The van der Waals surface area contributed by atoms with Crippen LogP contribution in [0.3, 0.4) is 0 Å². The highest BCUT2D eigenvalue weighted by Gasteiger charge is 2.03. The van der Waals surface area contributed by atoms with Crippen LogP contribution in [0.15, 0.2) is 22.2 Å². The van der Waals surface area contributed by atoms with Crippen LogP contribution in [0.25, 0.3) is 0 Å². The Morgan fingerprint density at radius 1 is 1.71 bits per heavy atom. The summed E-state index contributed by atoms with van der Waals surface area (Å²) in [6, 6.07) is 0.144. The van der Waals surface area contributed by atoms with Gasteiger partial charge in [-0.05, 0) is 0 Å². The van der Waals surface area contributed by atoms with Crippen molar-refractivity contribution in [1.82, 2.24) is 9.66 Å². The molecular weight excluding hydrogens is 190 g/mol. The maximum atomic E-state index is 10.8. The third kappa shape index (κ3) is 2.26. The molecule has 0 saturated carbocycles. The molecule has 1 rings (SSSR count). The first kappa shape index (κ1) is 9.62. The van der Waals surface area contributed by atoms with Gasteiger partial charge >= 0.3 is 6.03 Å². The van der Waals surface area contributed by atoms with Gasteiger partial charge in [-0.3, -0.25) is 10.1 Å². The molecule has 0 bridgehead atoms. The van der Waals surface area contributed by atoms with Gasteiger partial charge in [0.2, 0.25) is 5.95 Å². The number of urea groups is 1. The molecule has 3 N–H and O–H groups in total. The summed E-state index contributed by atoms with van der Waals surface area (Å²) in [4.78, 5) is 34.5. The topological polar surface area (TPSA) is 119 Å². The number of isocyanates is 1. The van der Waals surface area contributed by atoms with Crippen LogP contribution in [0.5, 0.6) is 0 Å². The Morgan fingerprint density at radius 3 is 3.00 bits per heavy atom. The molecule has 1 heterocycles. The van der Waals surface area contributed by atoms with Crippen LogP contribution in [0.4, 0.5) is 10.7 Å². The van der Waals surface area contributed by atoms with Gasteiger partial charge in [-0.25, -0.2) is 9.59 Å². The number of carbonyl (C=O) groups excluding carboxylic acids is 2. The van der Waals surface area contributed by atoms with Crippen molar-refractivity contribution in [3.05, 3.63) is 22.6 Å². The van der Waals surface area contributed by atoms with Crippen LogP contribution in [0.1, 0.15) is 0 Å². The number of hydrogen-bond donors (Lipinski definition) is 2. The molecule has 1 aromatic rings. The van der Waals surface area contributed by atoms with Crippen molar-refractivity contribution < 1.29 is 9.59 Å². The van der Waals surface area contributed by atoms with Crippen molar-refractivity contribution in [3.8, 4) is 0 Å². The molecule has 2 amide bonds. The van der Waals surface area contributed by atoms with Crippen LogP contribution < -0.4 is 16.6 Å². The second-order valence-electron chi connectivity index (χ2n) is 2.11. The fraction of sp³-hybridized carbons (Fsp3) is 0. The van der Waals surface area contributed by atoms with Crippen LogP contribution in [0.2, 0.25) is 0 Å². The van der Waals surface area contributed by atoms with E-state index in [4.69, 9.17) is 5.73 Å². The Bertz CT molecular complexity index is 459. The summed E-state index contributed by atoms with van der Waals surface area (Å²) >= 11 is 0. The lowest BCUT2D eigenvalue weighted by Gasteiger charge is -2.03. The van der Waals surface area contributed by atoms with Crippen molar-refractivity contribution in [1.29, 1.82) is 0 Å². The first-order valence-electron chi connectivity index (χ1n) is 3.38. The lowest BCUT2D eigenvalue weighted by atomic mass is 10.6. The van der Waals surface area contributed by atoms with E-state index in [1.807, 2.05) is 5.32 Å². The Morgan fingerprint density at radius 2 is 2.43 bits per heavy atom. The van der Waals surface area contributed by atoms with Gasteiger partial charge in [0.25, 0.3) is 11.6 Å². The van der Waals surface area contributed by atoms with Gasteiger partial charge in [0.1, 0.15) is 0 Å². The standard InChI is InChI=1S/C6H5N5O3/c7-5(14)10-6-9-4(13)1-2-11(6)8-3-12/h1-2H,(H3,7,9,10,13,14). The van der Waals surface area contributed by atoms with Crippen molar-refractivity contribution in [3.63, 3.8) is 0 Å². The van der Waals surface area contributed by atoms with Gasteiger partial charge in [0.05, 0.1) is 0 Å². The first-order chi connectivity index (χ1) is 6.63. The number of anilines is 1. The number of aromatic nitrogens is 2. The fourth-order valence-corrected chi connectivity index (χ4v) is 0.718. The molecule has 1 aromatic heterocycles. The highest BCUT2D eigenvalue weighted by atomic mass is 16.2. The number of nitrogens with one attached hydrogen (secondary N) is 1. The number of carbonyl (C=O) groups is 1. The van der Waals surface area contributed by atoms with Gasteiger partial charge in [-0.15, -0.1) is 0 Å². The van der Waals surface area contributed by atoms with E-state index in [9.17, 15) is 14.4 Å². The molecule has 0 unspecified atom stereocenters. The van der Waals surface area contributed by atoms with Crippen LogP contribution in [-0.4, -0.2) is 21.8 Å². The summed E-state index contributed by atoms with van der Waals surface area (Å²) in [5, 5.41) is 5.16. The van der Waals surface area contributed by atoms with Gasteiger partial charge < -0.3 is 5.73 Å². The van der Waals surface area contributed by atoms with E-state index in [0.29, 0.717) is 0 Å². The number of hydrogen-bond acceptors (Lipinski definition) is 5. The minimum Gasteiger partial charge on any atom is -0.351 e. The molecule has 0 fully saturated rings. The summed E-state index contributed by atoms with van der Waals surface area (Å²) in [6.45, 7) is 0. The minimum absolute atomic E-state index is 0.242. The number of rotatable bonds is 2. The monoisotopic (exact) mass is 195 g/mol. The van der Waals surface area contributed by atoms with Gasteiger partial charge in [-0.1, -0.05) is 5.10 Å². The Hall–Kier alpha value is -2.47. The normalized spacial score (nSPS) is 8.86. The van der Waals surface area contributed by atoms with Gasteiger partial charge in [0.15, 0.2) is 0 Å². The molecule has 8 nitrogen and oxygen atoms in total. The van der Waals surface area contributed by atoms with Crippen molar-refractivity contribution >= 4 is 18.1 Å². The average Bonchev–Trinajstić information content (AvgIpc) is 2.09. The molecule has 0 aromatic carbocycles. The summed E-state index contributed by atoms with van der Waals surface area (Å²) in [5.74, 6) is -0.242. The zero-order valence-electron chi connectivity index (χ0n) is 6.80. The maximum Gasteiger partial charge on any atom is 0.319 e. The fourth-order valence-electron chi connectivity index (χ4n) is 0.718. The molecule has 0 saturated heterocycles. The third-order valence-electron chi connectivity index (χ3n) is 1.17. The van der Waals surface area contributed by atoms with Crippen molar-refractivity contribution in [2.24, 2.45) is 10.8 Å². The van der Waals surface area contributed by atoms with Gasteiger partial charge in [0, 0.05) is 12.3 Å². The summed E-state index contributed by atoms with van der Waals surface area (Å²) in [7, 11) is 0. The SMILES string of the molecule is NC(=O)Nc1nc(=O)ccn1N=C=O. The smallest absolute Gasteiger partial charge is 0.319 e. The van der Waals surface area contributed by atoms with E-state index < -0.39 is 11.6 Å². The number of nitrogens with two attached hydrogens (primary N) is 1. The highest BCUT2D eigenvalue weighted by molar-refractivity contribution is 5.85. The molecule has 72 valence electrons. The molecule has 0 atom stereocenters.